The molecule has 1 aliphatic heterocycles. The van der Waals surface area contributed by atoms with Gasteiger partial charge in [-0.05, 0) is 18.9 Å². The van der Waals surface area contributed by atoms with Crippen molar-refractivity contribution in [1.82, 2.24) is 4.90 Å². The summed E-state index contributed by atoms with van der Waals surface area (Å²) >= 11 is 0. The van der Waals surface area contributed by atoms with E-state index in [1.54, 1.807) is 0 Å². The highest BCUT2D eigenvalue weighted by Crippen LogP contribution is 2.22. The first kappa shape index (κ1) is 11.1. The van der Waals surface area contributed by atoms with E-state index in [0.29, 0.717) is 13.0 Å². The van der Waals surface area contributed by atoms with Gasteiger partial charge in [0, 0.05) is 25.0 Å². The van der Waals surface area contributed by atoms with Crippen molar-refractivity contribution in [1.29, 1.82) is 0 Å². The zero-order valence-electron chi connectivity index (χ0n) is 9.60. The predicted molar refractivity (Wildman–Crippen MR) is 63.7 cm³/mol. The third-order valence-electron chi connectivity index (χ3n) is 3.18. The lowest BCUT2D eigenvalue weighted by atomic mass is 10.1. The van der Waals surface area contributed by atoms with E-state index in [9.17, 15) is 4.79 Å². The Hall–Kier alpha value is -1.35. The molecule has 1 amide bonds. The van der Waals surface area contributed by atoms with Crippen LogP contribution in [-0.4, -0.2) is 22.9 Å². The number of amides is 1. The van der Waals surface area contributed by atoms with E-state index in [2.05, 4.69) is 0 Å². The molecule has 0 spiro atoms. The van der Waals surface area contributed by atoms with Gasteiger partial charge in [0.25, 0.3) is 0 Å². The van der Waals surface area contributed by atoms with Crippen molar-refractivity contribution in [2.24, 2.45) is 5.73 Å². The fraction of sp³-hybridized carbons (Fsp3) is 0.462. The molecule has 0 radical (unpaired) electrons. The van der Waals surface area contributed by atoms with Gasteiger partial charge in [-0.3, -0.25) is 4.79 Å². The fourth-order valence-electron chi connectivity index (χ4n) is 2.29. The molecule has 1 heterocycles. The van der Waals surface area contributed by atoms with Gasteiger partial charge >= 0.3 is 0 Å². The molecule has 2 unspecified atom stereocenters. The molecule has 86 valence electrons. The number of hydrogen-bond acceptors (Lipinski definition) is 2. The summed E-state index contributed by atoms with van der Waals surface area (Å²) in [6, 6.07) is 10.3. The van der Waals surface area contributed by atoms with Crippen molar-refractivity contribution in [2.75, 3.05) is 0 Å². The van der Waals surface area contributed by atoms with Crippen molar-refractivity contribution in [3.8, 4) is 0 Å². The Morgan fingerprint density at radius 1 is 1.44 bits per heavy atom. The Kier molecular flexibility index (Phi) is 3.25. The summed E-state index contributed by atoms with van der Waals surface area (Å²) in [6.07, 6.45) is 1.53. The lowest BCUT2D eigenvalue weighted by Crippen LogP contribution is -2.43. The number of carbonyl (C=O) groups excluding carboxylic acids is 1. The average molecular weight is 218 g/mol. The molecule has 0 aromatic heterocycles. The Labute approximate surface area is 96.2 Å². The van der Waals surface area contributed by atoms with Crippen molar-refractivity contribution >= 4 is 5.91 Å². The van der Waals surface area contributed by atoms with Gasteiger partial charge < -0.3 is 10.6 Å². The Morgan fingerprint density at radius 3 is 2.75 bits per heavy atom. The molecular weight excluding hydrogens is 200 g/mol. The Balaban J connectivity index is 2.10. The Morgan fingerprint density at radius 2 is 2.12 bits per heavy atom. The largest absolute Gasteiger partial charge is 0.334 e. The number of benzene rings is 1. The van der Waals surface area contributed by atoms with Crippen molar-refractivity contribution < 1.29 is 4.79 Å². The molecule has 1 aromatic rings. The van der Waals surface area contributed by atoms with Crippen LogP contribution >= 0.6 is 0 Å². The molecule has 2 atom stereocenters. The van der Waals surface area contributed by atoms with E-state index in [1.165, 1.54) is 5.56 Å². The summed E-state index contributed by atoms with van der Waals surface area (Å²) in [5.74, 6) is 0.228. The van der Waals surface area contributed by atoms with Crippen LogP contribution in [0, 0.1) is 0 Å². The summed E-state index contributed by atoms with van der Waals surface area (Å²) in [5.41, 5.74) is 7.08. The first-order chi connectivity index (χ1) is 7.68. The molecule has 0 aliphatic carbocycles. The normalized spacial score (nSPS) is 22.5. The molecule has 3 nitrogen and oxygen atoms in total. The SMILES string of the molecule is CC(N)C1CCC(=O)N1Cc1ccccc1. The van der Waals surface area contributed by atoms with Gasteiger partial charge in [0.15, 0.2) is 0 Å². The zero-order valence-corrected chi connectivity index (χ0v) is 9.60. The first-order valence-electron chi connectivity index (χ1n) is 5.77. The smallest absolute Gasteiger partial charge is 0.223 e. The molecular formula is C13H18N2O. The van der Waals surface area contributed by atoms with E-state index < -0.39 is 0 Å². The average Bonchev–Trinajstić information content (AvgIpc) is 2.62. The Bertz CT molecular complexity index is 361. The van der Waals surface area contributed by atoms with Crippen LogP contribution in [0.3, 0.4) is 0 Å². The van der Waals surface area contributed by atoms with Gasteiger partial charge in [0.2, 0.25) is 5.91 Å². The summed E-state index contributed by atoms with van der Waals surface area (Å²) in [4.78, 5) is 13.7. The minimum atomic E-state index is 0.0511. The third-order valence-corrected chi connectivity index (χ3v) is 3.18. The number of rotatable bonds is 3. The van der Waals surface area contributed by atoms with Crippen LogP contribution in [0.15, 0.2) is 30.3 Å². The molecule has 0 saturated carbocycles. The van der Waals surface area contributed by atoms with Crippen LogP contribution < -0.4 is 5.73 Å². The van der Waals surface area contributed by atoms with E-state index in [4.69, 9.17) is 5.73 Å². The van der Waals surface area contributed by atoms with Gasteiger partial charge in [0.1, 0.15) is 0 Å². The number of likely N-dealkylation sites (tertiary alicyclic amines) is 1. The van der Waals surface area contributed by atoms with Crippen molar-refractivity contribution in [3.05, 3.63) is 35.9 Å². The highest BCUT2D eigenvalue weighted by Gasteiger charge is 2.32. The molecule has 1 aliphatic rings. The lowest BCUT2D eigenvalue weighted by Gasteiger charge is -2.27. The van der Waals surface area contributed by atoms with E-state index >= 15 is 0 Å². The molecule has 0 bridgehead atoms. The maximum absolute atomic E-state index is 11.8. The third kappa shape index (κ3) is 2.25. The monoisotopic (exact) mass is 218 g/mol. The van der Waals surface area contributed by atoms with E-state index in [0.717, 1.165) is 6.42 Å². The molecule has 1 saturated heterocycles. The second kappa shape index (κ2) is 4.66. The van der Waals surface area contributed by atoms with Crippen LogP contribution in [0.1, 0.15) is 25.3 Å². The maximum Gasteiger partial charge on any atom is 0.223 e. The van der Waals surface area contributed by atoms with Gasteiger partial charge in [0.05, 0.1) is 0 Å². The lowest BCUT2D eigenvalue weighted by molar-refractivity contribution is -0.129. The predicted octanol–water partition coefficient (Wildman–Crippen LogP) is 1.52. The minimum absolute atomic E-state index is 0.0511. The first-order valence-corrected chi connectivity index (χ1v) is 5.77. The maximum atomic E-state index is 11.8. The second-order valence-electron chi connectivity index (χ2n) is 4.47. The van der Waals surface area contributed by atoms with Crippen LogP contribution in [0.2, 0.25) is 0 Å². The molecule has 16 heavy (non-hydrogen) atoms. The van der Waals surface area contributed by atoms with Gasteiger partial charge in [-0.15, -0.1) is 0 Å². The minimum Gasteiger partial charge on any atom is -0.334 e. The number of nitrogens with zero attached hydrogens (tertiary/aromatic N) is 1. The standard InChI is InChI=1S/C13H18N2O/c1-10(14)12-7-8-13(16)15(12)9-11-5-3-2-4-6-11/h2-6,10,12H,7-9,14H2,1H3. The van der Waals surface area contributed by atoms with Crippen LogP contribution in [-0.2, 0) is 11.3 Å². The van der Waals surface area contributed by atoms with Crippen molar-refractivity contribution in [3.63, 3.8) is 0 Å². The number of hydrogen-bond donors (Lipinski definition) is 1. The van der Waals surface area contributed by atoms with E-state index in [1.807, 2.05) is 42.2 Å². The summed E-state index contributed by atoms with van der Waals surface area (Å²) in [6.45, 7) is 2.66. The summed E-state index contributed by atoms with van der Waals surface area (Å²) in [5, 5.41) is 0. The number of nitrogens with two attached hydrogens (primary N) is 1. The van der Waals surface area contributed by atoms with Gasteiger partial charge in [-0.2, -0.15) is 0 Å². The molecule has 1 aromatic carbocycles. The topological polar surface area (TPSA) is 46.3 Å². The molecule has 2 N–H and O–H groups in total. The van der Waals surface area contributed by atoms with Gasteiger partial charge in [-0.1, -0.05) is 30.3 Å². The van der Waals surface area contributed by atoms with Gasteiger partial charge in [-0.25, -0.2) is 0 Å². The summed E-state index contributed by atoms with van der Waals surface area (Å²) < 4.78 is 0. The van der Waals surface area contributed by atoms with Crippen LogP contribution in [0.5, 0.6) is 0 Å². The molecule has 1 fully saturated rings. The summed E-state index contributed by atoms with van der Waals surface area (Å²) in [7, 11) is 0. The quantitative estimate of drug-likeness (QED) is 0.836. The number of carbonyl (C=O) groups is 1. The second-order valence-corrected chi connectivity index (χ2v) is 4.47. The molecule has 2 rings (SSSR count). The highest BCUT2D eigenvalue weighted by molar-refractivity contribution is 5.78. The zero-order chi connectivity index (χ0) is 11.5. The van der Waals surface area contributed by atoms with Crippen LogP contribution in [0.25, 0.3) is 0 Å². The molecule has 3 heteroatoms. The highest BCUT2D eigenvalue weighted by atomic mass is 16.2. The van der Waals surface area contributed by atoms with Crippen molar-refractivity contribution in [2.45, 2.75) is 38.4 Å². The van der Waals surface area contributed by atoms with E-state index in [-0.39, 0.29) is 18.0 Å². The van der Waals surface area contributed by atoms with Crippen LogP contribution in [0.4, 0.5) is 0 Å². The fourth-order valence-corrected chi connectivity index (χ4v) is 2.29.